The summed E-state index contributed by atoms with van der Waals surface area (Å²) in [6.45, 7) is 2.82. The summed E-state index contributed by atoms with van der Waals surface area (Å²) in [5.41, 5.74) is 0.622. The molecule has 1 aromatic carbocycles. The Morgan fingerprint density at radius 2 is 1.75 bits per heavy atom. The smallest absolute Gasteiger partial charge is 0.255 e. The number of rotatable bonds is 6. The molecule has 0 aliphatic carbocycles. The van der Waals surface area contributed by atoms with Gasteiger partial charge in [0.05, 0.1) is 24.9 Å². The summed E-state index contributed by atoms with van der Waals surface area (Å²) in [4.78, 5) is 17.2. The third-order valence-electron chi connectivity index (χ3n) is 4.98. The minimum atomic E-state index is -0.0696. The second kappa shape index (κ2) is 8.69. The number of halogens is 1. The maximum absolute atomic E-state index is 13.2. The van der Waals surface area contributed by atoms with Crippen LogP contribution < -0.4 is 4.90 Å². The van der Waals surface area contributed by atoms with Crippen LogP contribution in [0.4, 0.5) is 5.88 Å². The zero-order valence-electron chi connectivity index (χ0n) is 15.6. The molecule has 3 aromatic rings. The van der Waals surface area contributed by atoms with Crippen LogP contribution in [0.2, 0.25) is 0 Å². The van der Waals surface area contributed by atoms with E-state index in [4.69, 9.17) is 8.83 Å². The van der Waals surface area contributed by atoms with Gasteiger partial charge >= 0.3 is 0 Å². The Morgan fingerprint density at radius 3 is 2.50 bits per heavy atom. The third kappa shape index (κ3) is 4.33. The van der Waals surface area contributed by atoms with Crippen molar-refractivity contribution in [3.05, 3.63) is 76.4 Å². The van der Waals surface area contributed by atoms with E-state index in [0.29, 0.717) is 18.7 Å². The molecule has 1 saturated heterocycles. The van der Waals surface area contributed by atoms with Crippen molar-refractivity contribution in [2.45, 2.75) is 32.4 Å². The molecule has 0 bridgehead atoms. The standard InChI is InChI=1S/C22H23BrN2O3/c23-20-9-3-2-8-19(20)22(26)25(15-17-7-6-14-27-17)16-18-10-11-21(28-18)24-12-4-1-5-13-24/h2-3,6-11,14H,1,4-5,12-13,15-16H2. The van der Waals surface area contributed by atoms with Crippen molar-refractivity contribution >= 4 is 27.7 Å². The number of amides is 1. The van der Waals surface area contributed by atoms with Crippen LogP contribution in [-0.2, 0) is 13.1 Å². The Hall–Kier alpha value is -2.47. The Balaban J connectivity index is 1.54. The molecule has 4 rings (SSSR count). The lowest BCUT2D eigenvalue weighted by molar-refractivity contribution is 0.0704. The summed E-state index contributed by atoms with van der Waals surface area (Å²) in [7, 11) is 0. The van der Waals surface area contributed by atoms with Gasteiger partial charge in [-0.15, -0.1) is 0 Å². The number of hydrogen-bond donors (Lipinski definition) is 0. The van der Waals surface area contributed by atoms with E-state index in [1.807, 2.05) is 48.5 Å². The third-order valence-corrected chi connectivity index (χ3v) is 5.67. The maximum atomic E-state index is 13.2. The van der Waals surface area contributed by atoms with Crippen molar-refractivity contribution in [3.8, 4) is 0 Å². The van der Waals surface area contributed by atoms with Gasteiger partial charge in [-0.3, -0.25) is 4.79 Å². The van der Waals surface area contributed by atoms with Gasteiger partial charge in [0.2, 0.25) is 0 Å². The Labute approximate surface area is 173 Å². The number of furan rings is 2. The van der Waals surface area contributed by atoms with E-state index in [2.05, 4.69) is 20.8 Å². The van der Waals surface area contributed by atoms with Crippen LogP contribution in [0, 0.1) is 0 Å². The van der Waals surface area contributed by atoms with Crippen LogP contribution in [0.15, 0.2) is 68.1 Å². The van der Waals surface area contributed by atoms with Crippen LogP contribution >= 0.6 is 15.9 Å². The molecule has 1 aliphatic rings. The molecule has 1 amide bonds. The van der Waals surface area contributed by atoms with Crippen LogP contribution in [-0.4, -0.2) is 23.9 Å². The van der Waals surface area contributed by atoms with Gasteiger partial charge in [-0.2, -0.15) is 0 Å². The predicted octanol–water partition coefficient (Wildman–Crippen LogP) is 5.47. The molecule has 0 saturated carbocycles. The van der Waals surface area contributed by atoms with Gasteiger partial charge in [0.15, 0.2) is 5.88 Å². The minimum Gasteiger partial charge on any atom is -0.467 e. The summed E-state index contributed by atoms with van der Waals surface area (Å²) in [6.07, 6.45) is 5.29. The first-order valence-corrected chi connectivity index (χ1v) is 10.4. The highest BCUT2D eigenvalue weighted by atomic mass is 79.9. The van der Waals surface area contributed by atoms with E-state index < -0.39 is 0 Å². The molecule has 5 nitrogen and oxygen atoms in total. The van der Waals surface area contributed by atoms with Crippen molar-refractivity contribution in [1.29, 1.82) is 0 Å². The molecule has 1 fully saturated rings. The molecule has 6 heteroatoms. The van der Waals surface area contributed by atoms with Gasteiger partial charge in [-0.05, 0) is 65.5 Å². The molecule has 2 aromatic heterocycles. The van der Waals surface area contributed by atoms with E-state index in [0.717, 1.165) is 35.0 Å². The van der Waals surface area contributed by atoms with E-state index in [9.17, 15) is 4.79 Å². The molecular weight excluding hydrogens is 420 g/mol. The van der Waals surface area contributed by atoms with Gasteiger partial charge in [0, 0.05) is 23.6 Å². The molecule has 0 unspecified atom stereocenters. The van der Waals surface area contributed by atoms with Gasteiger partial charge in [-0.25, -0.2) is 0 Å². The lowest BCUT2D eigenvalue weighted by Gasteiger charge is -2.26. The van der Waals surface area contributed by atoms with E-state index >= 15 is 0 Å². The van der Waals surface area contributed by atoms with Gasteiger partial charge in [-0.1, -0.05) is 12.1 Å². The summed E-state index contributed by atoms with van der Waals surface area (Å²) in [5.74, 6) is 2.33. The highest BCUT2D eigenvalue weighted by Gasteiger charge is 2.22. The Kier molecular flexibility index (Phi) is 5.86. The molecule has 146 valence electrons. The largest absolute Gasteiger partial charge is 0.467 e. The second-order valence-corrected chi connectivity index (χ2v) is 7.86. The highest BCUT2D eigenvalue weighted by molar-refractivity contribution is 9.10. The molecule has 0 spiro atoms. The number of anilines is 1. The lowest BCUT2D eigenvalue weighted by Crippen LogP contribution is -2.30. The number of carbonyl (C=O) groups is 1. The van der Waals surface area contributed by atoms with E-state index in [1.165, 1.54) is 19.3 Å². The fraction of sp³-hybridized carbons (Fsp3) is 0.318. The Morgan fingerprint density at radius 1 is 0.964 bits per heavy atom. The topological polar surface area (TPSA) is 49.8 Å². The molecular formula is C22H23BrN2O3. The van der Waals surface area contributed by atoms with E-state index in [1.54, 1.807) is 11.2 Å². The zero-order chi connectivity index (χ0) is 19.3. The average molecular weight is 443 g/mol. The highest BCUT2D eigenvalue weighted by Crippen LogP contribution is 2.25. The second-order valence-electron chi connectivity index (χ2n) is 7.01. The normalized spacial score (nSPS) is 14.2. The first-order valence-electron chi connectivity index (χ1n) is 9.60. The number of hydrogen-bond acceptors (Lipinski definition) is 4. The first-order chi connectivity index (χ1) is 13.7. The summed E-state index contributed by atoms with van der Waals surface area (Å²) < 4.78 is 12.3. The molecule has 28 heavy (non-hydrogen) atoms. The fourth-order valence-electron chi connectivity index (χ4n) is 3.52. The maximum Gasteiger partial charge on any atom is 0.255 e. The van der Waals surface area contributed by atoms with Crippen LogP contribution in [0.5, 0.6) is 0 Å². The van der Waals surface area contributed by atoms with Crippen LogP contribution in [0.3, 0.4) is 0 Å². The van der Waals surface area contributed by atoms with Gasteiger partial charge < -0.3 is 18.6 Å². The minimum absolute atomic E-state index is 0.0696. The molecule has 0 N–H and O–H groups in total. The van der Waals surface area contributed by atoms with Crippen LogP contribution in [0.1, 0.15) is 41.1 Å². The number of piperidine rings is 1. The monoisotopic (exact) mass is 442 g/mol. The Bertz CT molecular complexity index is 914. The SMILES string of the molecule is O=C(c1ccccc1Br)N(Cc1ccco1)Cc1ccc(N2CCCCC2)o1. The average Bonchev–Trinajstić information content (AvgIpc) is 3.40. The number of benzene rings is 1. The van der Waals surface area contributed by atoms with Gasteiger partial charge in [0.1, 0.15) is 11.5 Å². The summed E-state index contributed by atoms with van der Waals surface area (Å²) >= 11 is 3.48. The van der Waals surface area contributed by atoms with Crippen LogP contribution in [0.25, 0.3) is 0 Å². The van der Waals surface area contributed by atoms with E-state index in [-0.39, 0.29) is 5.91 Å². The van der Waals surface area contributed by atoms with Crippen molar-refractivity contribution in [2.75, 3.05) is 18.0 Å². The van der Waals surface area contributed by atoms with Gasteiger partial charge in [0.25, 0.3) is 5.91 Å². The molecule has 1 aliphatic heterocycles. The lowest BCUT2D eigenvalue weighted by atomic mass is 10.1. The van der Waals surface area contributed by atoms with Crippen molar-refractivity contribution in [3.63, 3.8) is 0 Å². The van der Waals surface area contributed by atoms with Crippen molar-refractivity contribution < 1.29 is 13.6 Å². The quantitative estimate of drug-likeness (QED) is 0.507. The first kappa shape index (κ1) is 18.9. The van der Waals surface area contributed by atoms with Crippen molar-refractivity contribution in [2.24, 2.45) is 0 Å². The molecule has 3 heterocycles. The fourth-order valence-corrected chi connectivity index (χ4v) is 3.97. The summed E-state index contributed by atoms with van der Waals surface area (Å²) in [5, 5.41) is 0. The number of carbonyl (C=O) groups excluding carboxylic acids is 1. The summed E-state index contributed by atoms with van der Waals surface area (Å²) in [6, 6.07) is 15.1. The zero-order valence-corrected chi connectivity index (χ0v) is 17.2. The van der Waals surface area contributed by atoms with Crippen molar-refractivity contribution in [1.82, 2.24) is 4.90 Å². The molecule has 0 radical (unpaired) electrons. The molecule has 0 atom stereocenters. The number of nitrogens with zero attached hydrogens (tertiary/aromatic N) is 2. The predicted molar refractivity (Wildman–Crippen MR) is 111 cm³/mol.